The van der Waals surface area contributed by atoms with Crippen LogP contribution in [0.1, 0.15) is 5.56 Å². The zero-order valence-corrected chi connectivity index (χ0v) is 9.24. The maximum Gasteiger partial charge on any atom is 0.257 e. The molecule has 1 rings (SSSR count). The van der Waals surface area contributed by atoms with E-state index in [2.05, 4.69) is 11.9 Å². The van der Waals surface area contributed by atoms with Crippen molar-refractivity contribution in [3.05, 3.63) is 46.1 Å². The lowest BCUT2D eigenvalue weighted by atomic mass is 10.2. The van der Waals surface area contributed by atoms with Crippen LogP contribution < -0.4 is 5.32 Å². The first-order valence-corrected chi connectivity index (χ1v) is 4.94. The van der Waals surface area contributed by atoms with E-state index in [0.29, 0.717) is 10.1 Å². The number of hydrogen-bond acceptors (Lipinski definition) is 1. The van der Waals surface area contributed by atoms with E-state index in [0.717, 1.165) is 5.56 Å². The number of benzene rings is 1. The topological polar surface area (TPSA) is 29.1 Å². The summed E-state index contributed by atoms with van der Waals surface area (Å²) in [5, 5.41) is 2.75. The van der Waals surface area contributed by atoms with Crippen molar-refractivity contribution >= 4 is 28.5 Å². The van der Waals surface area contributed by atoms with Crippen molar-refractivity contribution in [1.82, 2.24) is 5.32 Å². The molecule has 1 aromatic carbocycles. The van der Waals surface area contributed by atoms with Crippen LogP contribution in [0.4, 0.5) is 0 Å². The van der Waals surface area contributed by atoms with E-state index in [1.165, 1.54) is 0 Å². The van der Waals surface area contributed by atoms with Gasteiger partial charge in [-0.2, -0.15) is 0 Å². The fraction of sp³-hybridized carbons (Fsp3) is 0.100. The summed E-state index contributed by atoms with van der Waals surface area (Å²) in [4.78, 5) is 11.1. The summed E-state index contributed by atoms with van der Waals surface area (Å²) >= 11 is 1.90. The van der Waals surface area contributed by atoms with Crippen LogP contribution in [0, 0.1) is 0 Å². The van der Waals surface area contributed by atoms with Gasteiger partial charge in [-0.3, -0.25) is 4.79 Å². The van der Waals surface area contributed by atoms with E-state index >= 15 is 0 Å². The van der Waals surface area contributed by atoms with Crippen LogP contribution >= 0.6 is 22.6 Å². The highest BCUT2D eigenvalue weighted by Crippen LogP contribution is 2.02. The summed E-state index contributed by atoms with van der Waals surface area (Å²) in [6.07, 6.45) is 0. The highest BCUT2D eigenvalue weighted by Gasteiger charge is 2.01. The molecular weight excluding hydrogens is 277 g/mol. The lowest BCUT2D eigenvalue weighted by molar-refractivity contribution is -0.116. The van der Waals surface area contributed by atoms with Crippen LogP contribution in [-0.4, -0.2) is 5.91 Å². The van der Waals surface area contributed by atoms with Crippen LogP contribution in [0.3, 0.4) is 0 Å². The Kier molecular flexibility index (Phi) is 3.95. The summed E-state index contributed by atoms with van der Waals surface area (Å²) < 4.78 is 0.508. The Hall–Kier alpha value is -0.840. The van der Waals surface area contributed by atoms with Gasteiger partial charge in [0.05, 0.1) is 3.58 Å². The minimum atomic E-state index is -0.107. The smallest absolute Gasteiger partial charge is 0.257 e. The second-order valence-electron chi connectivity index (χ2n) is 2.57. The first-order chi connectivity index (χ1) is 6.20. The molecule has 0 radical (unpaired) electrons. The van der Waals surface area contributed by atoms with Crippen molar-refractivity contribution in [2.24, 2.45) is 0 Å². The highest BCUT2D eigenvalue weighted by atomic mass is 127. The minimum absolute atomic E-state index is 0.107. The van der Waals surface area contributed by atoms with Crippen LogP contribution in [0.25, 0.3) is 0 Å². The molecule has 0 aromatic heterocycles. The molecule has 0 aliphatic rings. The van der Waals surface area contributed by atoms with Gasteiger partial charge in [-0.15, -0.1) is 0 Å². The van der Waals surface area contributed by atoms with Crippen molar-refractivity contribution in [3.8, 4) is 0 Å². The molecule has 0 saturated carbocycles. The van der Waals surface area contributed by atoms with Crippen molar-refractivity contribution in [3.63, 3.8) is 0 Å². The van der Waals surface area contributed by atoms with Gasteiger partial charge in [0, 0.05) is 6.54 Å². The van der Waals surface area contributed by atoms with Crippen molar-refractivity contribution in [2.45, 2.75) is 6.54 Å². The van der Waals surface area contributed by atoms with E-state index in [1.807, 2.05) is 52.9 Å². The standard InChI is InChI=1S/C10H10INO/c1-8(11)10(13)12-7-9-5-3-2-4-6-9/h2-6H,1,7H2,(H,12,13). The summed E-state index contributed by atoms with van der Waals surface area (Å²) in [6.45, 7) is 4.10. The van der Waals surface area contributed by atoms with Gasteiger partial charge < -0.3 is 5.32 Å². The van der Waals surface area contributed by atoms with Gasteiger partial charge in [-0.05, 0) is 28.2 Å². The van der Waals surface area contributed by atoms with Crippen LogP contribution in [-0.2, 0) is 11.3 Å². The summed E-state index contributed by atoms with van der Waals surface area (Å²) in [7, 11) is 0. The molecule has 1 amide bonds. The Balaban J connectivity index is 2.44. The molecule has 0 bridgehead atoms. The third-order valence-electron chi connectivity index (χ3n) is 1.54. The SMILES string of the molecule is C=C(I)C(=O)NCc1ccccc1. The van der Waals surface area contributed by atoms with Gasteiger partial charge in [-0.1, -0.05) is 36.9 Å². The zero-order chi connectivity index (χ0) is 9.68. The average Bonchev–Trinajstić information content (AvgIpc) is 2.15. The first kappa shape index (κ1) is 10.2. The Morgan fingerprint density at radius 2 is 2.00 bits per heavy atom. The molecule has 0 spiro atoms. The number of rotatable bonds is 3. The third-order valence-corrected chi connectivity index (χ3v) is 2.03. The number of carbonyl (C=O) groups excluding carboxylic acids is 1. The highest BCUT2D eigenvalue weighted by molar-refractivity contribution is 14.1. The molecule has 1 N–H and O–H groups in total. The largest absolute Gasteiger partial charge is 0.348 e. The normalized spacial score (nSPS) is 9.31. The summed E-state index contributed by atoms with van der Waals surface area (Å²) in [5.74, 6) is -0.107. The predicted molar refractivity (Wildman–Crippen MR) is 61.4 cm³/mol. The average molecular weight is 287 g/mol. The van der Waals surface area contributed by atoms with Gasteiger partial charge in [0.25, 0.3) is 5.91 Å². The van der Waals surface area contributed by atoms with Crippen LogP contribution in [0.2, 0.25) is 0 Å². The van der Waals surface area contributed by atoms with Gasteiger partial charge in [-0.25, -0.2) is 0 Å². The molecule has 0 fully saturated rings. The van der Waals surface area contributed by atoms with E-state index in [1.54, 1.807) is 0 Å². The number of hydrogen-bond donors (Lipinski definition) is 1. The van der Waals surface area contributed by atoms with Crippen LogP contribution in [0.5, 0.6) is 0 Å². The van der Waals surface area contributed by atoms with E-state index in [9.17, 15) is 4.79 Å². The summed E-state index contributed by atoms with van der Waals surface area (Å²) in [6, 6.07) is 9.77. The number of carbonyl (C=O) groups is 1. The van der Waals surface area contributed by atoms with Gasteiger partial charge in [0.2, 0.25) is 0 Å². The molecule has 0 aliphatic heterocycles. The van der Waals surface area contributed by atoms with E-state index < -0.39 is 0 Å². The predicted octanol–water partition coefficient (Wildman–Crippen LogP) is 2.25. The Labute approximate surface area is 91.2 Å². The maximum absolute atomic E-state index is 11.1. The van der Waals surface area contributed by atoms with E-state index in [4.69, 9.17) is 0 Å². The molecule has 3 heteroatoms. The zero-order valence-electron chi connectivity index (χ0n) is 7.09. The number of nitrogens with one attached hydrogen (secondary N) is 1. The fourth-order valence-corrected chi connectivity index (χ4v) is 1.06. The first-order valence-electron chi connectivity index (χ1n) is 3.86. The molecule has 0 aliphatic carbocycles. The van der Waals surface area contributed by atoms with Crippen LogP contribution in [0.15, 0.2) is 40.5 Å². The molecule has 0 atom stereocenters. The van der Waals surface area contributed by atoms with Crippen molar-refractivity contribution < 1.29 is 4.79 Å². The molecular formula is C10H10INO. The summed E-state index contributed by atoms with van der Waals surface area (Å²) in [5.41, 5.74) is 1.09. The Morgan fingerprint density at radius 3 is 2.54 bits per heavy atom. The quantitative estimate of drug-likeness (QED) is 0.670. The molecule has 0 saturated heterocycles. The van der Waals surface area contributed by atoms with Gasteiger partial charge >= 0.3 is 0 Å². The molecule has 0 heterocycles. The molecule has 0 unspecified atom stereocenters. The lowest BCUT2D eigenvalue weighted by Gasteiger charge is -2.02. The van der Waals surface area contributed by atoms with Crippen molar-refractivity contribution in [2.75, 3.05) is 0 Å². The second-order valence-corrected chi connectivity index (χ2v) is 3.88. The monoisotopic (exact) mass is 287 g/mol. The molecule has 1 aromatic rings. The van der Waals surface area contributed by atoms with Gasteiger partial charge in [0.15, 0.2) is 0 Å². The maximum atomic E-state index is 11.1. The van der Waals surface area contributed by atoms with Gasteiger partial charge in [0.1, 0.15) is 0 Å². The molecule has 13 heavy (non-hydrogen) atoms. The molecule has 2 nitrogen and oxygen atoms in total. The second kappa shape index (κ2) is 5.01. The number of amides is 1. The minimum Gasteiger partial charge on any atom is -0.348 e. The third kappa shape index (κ3) is 3.59. The number of halogens is 1. The Bertz CT molecular complexity index is 308. The lowest BCUT2D eigenvalue weighted by Crippen LogP contribution is -2.21. The van der Waals surface area contributed by atoms with Crippen molar-refractivity contribution in [1.29, 1.82) is 0 Å². The fourth-order valence-electron chi connectivity index (χ4n) is 0.874. The molecule has 68 valence electrons. The Morgan fingerprint density at radius 1 is 1.38 bits per heavy atom. The van der Waals surface area contributed by atoms with E-state index in [-0.39, 0.29) is 5.91 Å².